The third-order valence-corrected chi connectivity index (χ3v) is 7.39. The van der Waals surface area contributed by atoms with Crippen molar-refractivity contribution in [1.82, 2.24) is 4.98 Å². The van der Waals surface area contributed by atoms with Crippen molar-refractivity contribution >= 4 is 17.6 Å². The minimum absolute atomic E-state index is 0.0621. The first-order chi connectivity index (χ1) is 17.2. The van der Waals surface area contributed by atoms with Crippen LogP contribution in [-0.4, -0.2) is 36.3 Å². The molecule has 1 N–H and O–H groups in total. The second kappa shape index (κ2) is 9.89. The normalized spacial score (nSPS) is 24.1. The Morgan fingerprint density at radius 2 is 1.67 bits per heavy atom. The van der Waals surface area contributed by atoms with Gasteiger partial charge in [-0.1, -0.05) is 12.8 Å². The Hall–Kier alpha value is -2.85. The van der Waals surface area contributed by atoms with E-state index in [0.717, 1.165) is 63.5 Å². The van der Waals surface area contributed by atoms with Crippen molar-refractivity contribution in [2.75, 3.05) is 23.3 Å². The van der Waals surface area contributed by atoms with Crippen LogP contribution in [0.25, 0.3) is 0 Å². The molecule has 2 aliphatic carbocycles. The van der Waals surface area contributed by atoms with Crippen LogP contribution in [-0.2, 0) is 6.42 Å². The first kappa shape index (κ1) is 24.8. The van der Waals surface area contributed by atoms with Gasteiger partial charge >= 0.3 is 6.18 Å². The molecule has 1 saturated heterocycles. The number of carbonyl (C=O) groups is 1. The van der Waals surface area contributed by atoms with Gasteiger partial charge in [0, 0.05) is 30.9 Å². The summed E-state index contributed by atoms with van der Waals surface area (Å²) in [4.78, 5) is 18.6. The van der Waals surface area contributed by atoms with E-state index in [4.69, 9.17) is 9.15 Å². The van der Waals surface area contributed by atoms with Crippen LogP contribution >= 0.6 is 0 Å². The summed E-state index contributed by atoms with van der Waals surface area (Å²) >= 11 is 0. The highest BCUT2D eigenvalue weighted by Gasteiger charge is 2.42. The molecule has 1 aromatic carbocycles. The first-order valence-electron chi connectivity index (χ1n) is 12.4. The SMILES string of the molecule is O=C(Nc1cc(F)c(OC2CC3CCC3C2)c(F)c1)c1nc(N2CCCCCC2)oc1CC(F)(F)F. The first-order valence-corrected chi connectivity index (χ1v) is 12.4. The molecule has 196 valence electrons. The highest BCUT2D eigenvalue weighted by atomic mass is 19.4. The number of amides is 1. The molecule has 2 unspecified atom stereocenters. The largest absolute Gasteiger partial charge is 0.484 e. The van der Waals surface area contributed by atoms with Crippen molar-refractivity contribution in [2.24, 2.45) is 11.8 Å². The maximum Gasteiger partial charge on any atom is 0.396 e. The average Bonchev–Trinajstić information content (AvgIpc) is 3.17. The maximum absolute atomic E-state index is 14.7. The number of nitrogens with zero attached hydrogens (tertiary/aromatic N) is 2. The number of alkyl halides is 3. The number of rotatable bonds is 6. The minimum atomic E-state index is -4.64. The quantitative estimate of drug-likeness (QED) is 0.462. The van der Waals surface area contributed by atoms with Crippen molar-refractivity contribution in [3.63, 3.8) is 0 Å². The minimum Gasteiger partial charge on any atom is -0.484 e. The molecular weight excluding hydrogens is 485 g/mol. The van der Waals surface area contributed by atoms with Gasteiger partial charge in [-0.3, -0.25) is 4.79 Å². The lowest BCUT2D eigenvalue weighted by molar-refractivity contribution is -0.130. The Balaban J connectivity index is 1.33. The van der Waals surface area contributed by atoms with Crippen LogP contribution in [0.15, 0.2) is 16.5 Å². The zero-order valence-corrected chi connectivity index (χ0v) is 19.7. The van der Waals surface area contributed by atoms with Gasteiger partial charge < -0.3 is 19.4 Å². The van der Waals surface area contributed by atoms with Gasteiger partial charge in [0.15, 0.2) is 23.1 Å². The van der Waals surface area contributed by atoms with Gasteiger partial charge in [-0.05, 0) is 50.4 Å². The molecule has 5 rings (SSSR count). The number of anilines is 2. The van der Waals surface area contributed by atoms with Crippen LogP contribution < -0.4 is 15.0 Å². The third kappa shape index (κ3) is 5.44. The third-order valence-electron chi connectivity index (χ3n) is 7.39. The van der Waals surface area contributed by atoms with Gasteiger partial charge in [0.25, 0.3) is 11.9 Å². The summed E-state index contributed by atoms with van der Waals surface area (Å²) in [5.74, 6) is -3.09. The summed E-state index contributed by atoms with van der Waals surface area (Å²) in [5.41, 5.74) is -0.819. The van der Waals surface area contributed by atoms with Crippen molar-refractivity contribution in [2.45, 2.75) is 70.1 Å². The average molecular weight is 514 g/mol. The fraction of sp³-hybridized carbons (Fsp3) is 0.600. The lowest BCUT2D eigenvalue weighted by Gasteiger charge is -2.28. The predicted octanol–water partition coefficient (Wildman–Crippen LogP) is 6.26. The number of aromatic nitrogens is 1. The number of hydrogen-bond donors (Lipinski definition) is 1. The van der Waals surface area contributed by atoms with E-state index in [1.165, 1.54) is 0 Å². The molecule has 0 bridgehead atoms. The summed E-state index contributed by atoms with van der Waals surface area (Å²) in [6.45, 7) is 1.10. The maximum atomic E-state index is 14.7. The van der Waals surface area contributed by atoms with Gasteiger partial charge in [0.2, 0.25) is 0 Å². The number of carbonyl (C=O) groups excluding carboxylic acids is 1. The van der Waals surface area contributed by atoms with Crippen LogP contribution in [0.2, 0.25) is 0 Å². The molecule has 0 radical (unpaired) electrons. The molecule has 2 atom stereocenters. The zero-order valence-electron chi connectivity index (χ0n) is 19.7. The highest BCUT2D eigenvalue weighted by molar-refractivity contribution is 6.03. The Bertz CT molecular complexity index is 1080. The molecule has 6 nitrogen and oxygen atoms in total. The number of oxazole rings is 1. The molecule has 11 heteroatoms. The number of benzene rings is 1. The van der Waals surface area contributed by atoms with E-state index < -0.39 is 47.3 Å². The van der Waals surface area contributed by atoms with E-state index in [1.807, 2.05) is 0 Å². The van der Waals surface area contributed by atoms with Crippen LogP contribution in [0.1, 0.15) is 67.6 Å². The number of nitrogens with one attached hydrogen (secondary N) is 1. The van der Waals surface area contributed by atoms with Crippen LogP contribution in [0.5, 0.6) is 5.75 Å². The Labute approximate surface area is 205 Å². The van der Waals surface area contributed by atoms with Gasteiger partial charge in [0.05, 0.1) is 6.10 Å². The van der Waals surface area contributed by atoms with Crippen molar-refractivity contribution in [3.05, 3.63) is 35.2 Å². The smallest absolute Gasteiger partial charge is 0.396 e. The summed E-state index contributed by atoms with van der Waals surface area (Å²) in [6.07, 6.45) is 0.974. The van der Waals surface area contributed by atoms with E-state index >= 15 is 0 Å². The molecular formula is C25H28F5N3O3. The van der Waals surface area contributed by atoms with E-state index in [0.29, 0.717) is 24.9 Å². The van der Waals surface area contributed by atoms with Gasteiger partial charge in [-0.2, -0.15) is 18.2 Å². The number of fused-ring (bicyclic) bond motifs is 1. The second-order valence-corrected chi connectivity index (χ2v) is 9.99. The van der Waals surface area contributed by atoms with E-state index in [1.54, 1.807) is 4.90 Å². The number of halogens is 5. The number of ether oxygens (including phenoxy) is 1. The van der Waals surface area contributed by atoms with Crippen molar-refractivity contribution in [1.29, 1.82) is 0 Å². The highest BCUT2D eigenvalue weighted by Crippen LogP contribution is 2.48. The van der Waals surface area contributed by atoms with Crippen LogP contribution in [0, 0.1) is 23.5 Å². The summed E-state index contributed by atoms with van der Waals surface area (Å²) in [6, 6.07) is 1.71. The fourth-order valence-corrected chi connectivity index (χ4v) is 5.44. The molecule has 2 saturated carbocycles. The lowest BCUT2D eigenvalue weighted by Crippen LogP contribution is -2.24. The van der Waals surface area contributed by atoms with E-state index in [9.17, 15) is 26.7 Å². The van der Waals surface area contributed by atoms with E-state index in [-0.39, 0.29) is 17.8 Å². The van der Waals surface area contributed by atoms with Crippen LogP contribution in [0.4, 0.5) is 33.7 Å². The van der Waals surface area contributed by atoms with Crippen LogP contribution in [0.3, 0.4) is 0 Å². The molecule has 1 aliphatic heterocycles. The molecule has 36 heavy (non-hydrogen) atoms. The molecule has 2 aromatic rings. The summed E-state index contributed by atoms with van der Waals surface area (Å²) < 4.78 is 79.8. The second-order valence-electron chi connectivity index (χ2n) is 9.99. The van der Waals surface area contributed by atoms with Gasteiger partial charge in [-0.25, -0.2) is 8.78 Å². The van der Waals surface area contributed by atoms with Gasteiger partial charge in [0.1, 0.15) is 12.2 Å². The predicted molar refractivity (Wildman–Crippen MR) is 121 cm³/mol. The standard InChI is InChI=1S/C25H28F5N3O3/c26-18-11-16(12-19(27)22(18)35-17-9-14-5-6-15(14)10-17)31-23(34)21-20(13-25(28,29)30)36-24(32-21)33-7-3-1-2-4-8-33/h11-12,14-15,17H,1-10,13H2,(H,31,34). The monoisotopic (exact) mass is 513 g/mol. The molecule has 3 fully saturated rings. The summed E-state index contributed by atoms with van der Waals surface area (Å²) in [7, 11) is 0. The summed E-state index contributed by atoms with van der Waals surface area (Å²) in [5, 5.41) is 2.26. The van der Waals surface area contributed by atoms with Crippen molar-refractivity contribution < 1.29 is 35.9 Å². The zero-order chi connectivity index (χ0) is 25.4. The fourth-order valence-electron chi connectivity index (χ4n) is 5.44. The molecule has 1 aromatic heterocycles. The topological polar surface area (TPSA) is 67.6 Å². The lowest BCUT2D eigenvalue weighted by atomic mass is 9.77. The van der Waals surface area contributed by atoms with Gasteiger partial charge in [-0.15, -0.1) is 0 Å². The van der Waals surface area contributed by atoms with E-state index in [2.05, 4.69) is 10.3 Å². The molecule has 0 spiro atoms. The molecule has 2 heterocycles. The Morgan fingerprint density at radius 3 is 2.22 bits per heavy atom. The molecule has 1 amide bonds. The van der Waals surface area contributed by atoms with Crippen molar-refractivity contribution in [3.8, 4) is 5.75 Å². The number of hydrogen-bond acceptors (Lipinski definition) is 5. The Kier molecular flexibility index (Phi) is 6.82. The molecule has 3 aliphatic rings. The Morgan fingerprint density at radius 1 is 1.06 bits per heavy atom.